The van der Waals surface area contributed by atoms with E-state index < -0.39 is 10.0 Å². The van der Waals surface area contributed by atoms with Gasteiger partial charge >= 0.3 is 0 Å². The lowest BCUT2D eigenvalue weighted by molar-refractivity contribution is -0.111. The monoisotopic (exact) mass is 398 g/mol. The number of rotatable bonds is 6. The van der Waals surface area contributed by atoms with Gasteiger partial charge in [0.05, 0.1) is 9.23 Å². The maximum absolute atomic E-state index is 12.4. The number of anilines is 1. The Morgan fingerprint density at radius 1 is 1.20 bits per heavy atom. The summed E-state index contributed by atoms with van der Waals surface area (Å²) in [6, 6.07) is 9.53. The van der Waals surface area contributed by atoms with Gasteiger partial charge in [-0.1, -0.05) is 11.6 Å². The Morgan fingerprint density at radius 3 is 2.36 bits per heavy atom. The van der Waals surface area contributed by atoms with Crippen molar-refractivity contribution in [1.29, 1.82) is 0 Å². The van der Waals surface area contributed by atoms with Gasteiger partial charge in [0.25, 0.3) is 0 Å². The number of thiophene rings is 1. The van der Waals surface area contributed by atoms with Crippen LogP contribution in [0.1, 0.15) is 18.7 Å². The quantitative estimate of drug-likeness (QED) is 0.745. The molecule has 0 aliphatic heterocycles. The first-order valence-corrected chi connectivity index (χ1v) is 10.2. The minimum atomic E-state index is -3.53. The number of amides is 1. The lowest BCUT2D eigenvalue weighted by Gasteiger charge is -2.21. The minimum Gasteiger partial charge on any atom is -0.323 e. The molecule has 2 aromatic rings. The first-order valence-electron chi connectivity index (χ1n) is 7.52. The van der Waals surface area contributed by atoms with Crippen LogP contribution in [0.15, 0.2) is 47.4 Å². The first kappa shape index (κ1) is 19.7. The number of sulfonamides is 1. The fourth-order valence-electron chi connectivity index (χ4n) is 1.91. The highest BCUT2D eigenvalue weighted by molar-refractivity contribution is 7.89. The van der Waals surface area contributed by atoms with E-state index in [0.717, 1.165) is 4.88 Å². The Hall–Kier alpha value is -1.67. The number of benzene rings is 1. The average molecular weight is 399 g/mol. The molecule has 5 nitrogen and oxygen atoms in total. The molecule has 0 saturated carbocycles. The van der Waals surface area contributed by atoms with E-state index in [1.807, 2.05) is 6.07 Å². The smallest absolute Gasteiger partial charge is 0.248 e. The largest absolute Gasteiger partial charge is 0.323 e. The summed E-state index contributed by atoms with van der Waals surface area (Å²) in [6.07, 6.45) is 3.07. The van der Waals surface area contributed by atoms with Crippen LogP contribution < -0.4 is 5.32 Å². The molecule has 0 fully saturated rings. The molecule has 134 valence electrons. The third kappa shape index (κ3) is 5.15. The maximum atomic E-state index is 12.4. The molecule has 1 aromatic carbocycles. The summed E-state index contributed by atoms with van der Waals surface area (Å²) >= 11 is 7.20. The normalized spacial score (nSPS) is 12.2. The lowest BCUT2D eigenvalue weighted by atomic mass is 10.3. The summed E-state index contributed by atoms with van der Waals surface area (Å²) in [7, 11) is -1.99. The predicted octanol–water partition coefficient (Wildman–Crippen LogP) is 4.08. The number of carbonyl (C=O) groups excluding carboxylic acids is 1. The van der Waals surface area contributed by atoms with Gasteiger partial charge in [0, 0.05) is 29.7 Å². The van der Waals surface area contributed by atoms with Crippen molar-refractivity contribution >= 4 is 50.6 Å². The molecule has 0 aliphatic carbocycles. The molecule has 1 heterocycles. The van der Waals surface area contributed by atoms with Gasteiger partial charge < -0.3 is 5.32 Å². The highest BCUT2D eigenvalue weighted by Gasteiger charge is 2.22. The molecule has 1 N–H and O–H groups in total. The first-order chi connectivity index (χ1) is 11.7. The van der Waals surface area contributed by atoms with E-state index in [-0.39, 0.29) is 16.8 Å². The molecule has 0 saturated heterocycles. The Bertz CT molecular complexity index is 872. The van der Waals surface area contributed by atoms with E-state index in [2.05, 4.69) is 5.32 Å². The van der Waals surface area contributed by atoms with Gasteiger partial charge in [-0.05, 0) is 56.3 Å². The Balaban J connectivity index is 2.05. The van der Waals surface area contributed by atoms with Crippen molar-refractivity contribution in [3.8, 4) is 0 Å². The fourth-order valence-corrected chi connectivity index (χ4v) is 4.24. The number of hydrogen-bond acceptors (Lipinski definition) is 4. The number of nitrogens with one attached hydrogen (secondary N) is 1. The van der Waals surface area contributed by atoms with Gasteiger partial charge in [-0.15, -0.1) is 11.3 Å². The second-order valence-electron chi connectivity index (χ2n) is 5.60. The molecule has 2 rings (SSSR count). The molecule has 25 heavy (non-hydrogen) atoms. The van der Waals surface area contributed by atoms with E-state index in [0.29, 0.717) is 10.0 Å². The average Bonchev–Trinajstić information content (AvgIpc) is 2.98. The van der Waals surface area contributed by atoms with Crippen molar-refractivity contribution < 1.29 is 13.2 Å². The zero-order valence-electron chi connectivity index (χ0n) is 14.1. The van der Waals surface area contributed by atoms with E-state index in [1.165, 1.54) is 40.9 Å². The highest BCUT2D eigenvalue weighted by Crippen LogP contribution is 2.22. The lowest BCUT2D eigenvalue weighted by Crippen LogP contribution is -2.33. The Morgan fingerprint density at radius 2 is 1.84 bits per heavy atom. The van der Waals surface area contributed by atoms with Gasteiger partial charge in [-0.2, -0.15) is 4.31 Å². The van der Waals surface area contributed by atoms with Crippen molar-refractivity contribution in [3.63, 3.8) is 0 Å². The van der Waals surface area contributed by atoms with Crippen LogP contribution in [0.2, 0.25) is 4.34 Å². The van der Waals surface area contributed by atoms with Crippen molar-refractivity contribution in [2.75, 3.05) is 12.4 Å². The van der Waals surface area contributed by atoms with Crippen LogP contribution in [0, 0.1) is 0 Å². The van der Waals surface area contributed by atoms with Crippen LogP contribution in [-0.2, 0) is 14.8 Å². The SMILES string of the molecule is CC(C)N(C)S(=O)(=O)c1ccc(NC(=O)/C=C/c2ccc(Cl)s2)cc1. The van der Waals surface area contributed by atoms with Crippen LogP contribution in [0.4, 0.5) is 5.69 Å². The Kier molecular flexibility index (Phi) is 6.40. The third-order valence-corrected chi connectivity index (χ3v) is 6.76. The second kappa shape index (κ2) is 8.14. The van der Waals surface area contributed by atoms with Gasteiger partial charge in [-0.3, -0.25) is 4.79 Å². The molecule has 0 radical (unpaired) electrons. The summed E-state index contributed by atoms with van der Waals surface area (Å²) in [5.41, 5.74) is 0.519. The van der Waals surface area contributed by atoms with Gasteiger partial charge in [-0.25, -0.2) is 8.42 Å². The topological polar surface area (TPSA) is 66.5 Å². The molecule has 0 atom stereocenters. The summed E-state index contributed by atoms with van der Waals surface area (Å²) in [5.74, 6) is -0.306. The second-order valence-corrected chi connectivity index (χ2v) is 9.35. The summed E-state index contributed by atoms with van der Waals surface area (Å²) < 4.78 is 26.7. The molecular formula is C17H19ClN2O3S2. The fraction of sp³-hybridized carbons (Fsp3) is 0.235. The van der Waals surface area contributed by atoms with E-state index >= 15 is 0 Å². The summed E-state index contributed by atoms with van der Waals surface area (Å²) in [6.45, 7) is 3.61. The number of hydrogen-bond donors (Lipinski definition) is 1. The third-order valence-electron chi connectivity index (χ3n) is 3.52. The van der Waals surface area contributed by atoms with Crippen LogP contribution >= 0.6 is 22.9 Å². The molecule has 1 aromatic heterocycles. The standard InChI is InChI=1S/C17H19ClN2O3S2/c1-12(2)20(3)25(22,23)15-8-4-13(5-9-15)19-17(21)11-7-14-6-10-16(18)24-14/h4-12H,1-3H3,(H,19,21)/b11-7+. The molecule has 1 amide bonds. The zero-order valence-corrected chi connectivity index (χ0v) is 16.5. The molecule has 8 heteroatoms. The van der Waals surface area contributed by atoms with Crippen LogP contribution in [0.25, 0.3) is 6.08 Å². The van der Waals surface area contributed by atoms with Crippen LogP contribution in [-0.4, -0.2) is 31.7 Å². The molecular weight excluding hydrogens is 380 g/mol. The summed E-state index contributed by atoms with van der Waals surface area (Å²) in [4.78, 5) is 13.0. The highest BCUT2D eigenvalue weighted by atomic mass is 35.5. The van der Waals surface area contributed by atoms with E-state index in [9.17, 15) is 13.2 Å². The van der Waals surface area contributed by atoms with Crippen LogP contribution in [0.3, 0.4) is 0 Å². The zero-order chi connectivity index (χ0) is 18.6. The predicted molar refractivity (Wildman–Crippen MR) is 104 cm³/mol. The van der Waals surface area contributed by atoms with E-state index in [1.54, 1.807) is 38.1 Å². The van der Waals surface area contributed by atoms with Crippen molar-refractivity contribution in [2.24, 2.45) is 0 Å². The molecule has 0 bridgehead atoms. The molecule has 0 unspecified atom stereocenters. The van der Waals surface area contributed by atoms with Gasteiger partial charge in [0.15, 0.2) is 0 Å². The van der Waals surface area contributed by atoms with Gasteiger partial charge in [0.1, 0.15) is 0 Å². The molecule has 0 spiro atoms. The van der Waals surface area contributed by atoms with Crippen LogP contribution in [0.5, 0.6) is 0 Å². The molecule has 0 aliphatic rings. The van der Waals surface area contributed by atoms with Gasteiger partial charge in [0.2, 0.25) is 15.9 Å². The number of nitrogens with zero attached hydrogens (tertiary/aromatic N) is 1. The minimum absolute atomic E-state index is 0.139. The maximum Gasteiger partial charge on any atom is 0.248 e. The number of halogens is 1. The van der Waals surface area contributed by atoms with E-state index in [4.69, 9.17) is 11.6 Å². The summed E-state index contributed by atoms with van der Waals surface area (Å²) in [5, 5.41) is 2.69. The van der Waals surface area contributed by atoms with Crippen molar-refractivity contribution in [3.05, 3.63) is 51.7 Å². The van der Waals surface area contributed by atoms with Crippen molar-refractivity contribution in [2.45, 2.75) is 24.8 Å². The van der Waals surface area contributed by atoms with Crippen molar-refractivity contribution in [1.82, 2.24) is 4.31 Å². The number of carbonyl (C=O) groups is 1. The Labute approximate surface area is 157 Å².